The Balaban J connectivity index is 1.63. The second-order valence-electron chi connectivity index (χ2n) is 8.08. The summed E-state index contributed by atoms with van der Waals surface area (Å²) in [5, 5.41) is 7.65. The van der Waals surface area contributed by atoms with Gasteiger partial charge in [-0.25, -0.2) is 9.97 Å². The molecule has 3 aromatic heterocycles. The molecule has 1 amide bonds. The second kappa shape index (κ2) is 9.70. The van der Waals surface area contributed by atoms with E-state index in [4.69, 9.17) is 9.72 Å². The van der Waals surface area contributed by atoms with Crippen LogP contribution in [0.4, 0.5) is 0 Å². The molecule has 0 bridgehead atoms. The van der Waals surface area contributed by atoms with Crippen LogP contribution >= 0.6 is 11.3 Å². The Kier molecular flexibility index (Phi) is 6.77. The molecule has 0 spiro atoms. The molecule has 3 aromatic rings. The van der Waals surface area contributed by atoms with Crippen molar-refractivity contribution < 1.29 is 9.53 Å². The molecule has 31 heavy (non-hydrogen) atoms. The van der Waals surface area contributed by atoms with Crippen LogP contribution in [0, 0.1) is 13.8 Å². The monoisotopic (exact) mass is 439 g/mol. The van der Waals surface area contributed by atoms with Crippen LogP contribution in [0.3, 0.4) is 0 Å². The highest BCUT2D eigenvalue weighted by Crippen LogP contribution is 2.29. The van der Waals surface area contributed by atoms with E-state index in [0.29, 0.717) is 17.2 Å². The van der Waals surface area contributed by atoms with Crippen molar-refractivity contribution in [1.82, 2.24) is 25.1 Å². The summed E-state index contributed by atoms with van der Waals surface area (Å²) in [5.74, 6) is 0.326. The first-order chi connectivity index (χ1) is 15.1. The van der Waals surface area contributed by atoms with Crippen LogP contribution < -0.4 is 5.32 Å². The molecule has 1 saturated carbocycles. The van der Waals surface area contributed by atoms with Gasteiger partial charge in [-0.2, -0.15) is 9.78 Å². The number of amides is 1. The summed E-state index contributed by atoms with van der Waals surface area (Å²) in [7, 11) is 1.61. The van der Waals surface area contributed by atoms with Crippen molar-refractivity contribution in [2.75, 3.05) is 7.11 Å². The Morgan fingerprint density at radius 3 is 2.71 bits per heavy atom. The molecule has 3 heterocycles. The van der Waals surface area contributed by atoms with Gasteiger partial charge in [0, 0.05) is 34.7 Å². The number of nitrogens with zero attached hydrogens (tertiary/aromatic N) is 4. The van der Waals surface area contributed by atoms with Gasteiger partial charge in [-0.1, -0.05) is 25.7 Å². The van der Waals surface area contributed by atoms with E-state index in [1.165, 1.54) is 22.6 Å². The van der Waals surface area contributed by atoms with Gasteiger partial charge in [-0.05, 0) is 38.8 Å². The van der Waals surface area contributed by atoms with Gasteiger partial charge in [-0.3, -0.25) is 4.79 Å². The number of rotatable bonds is 6. The second-order valence-corrected chi connectivity index (χ2v) is 9.54. The molecular formula is C23H29N5O2S. The Morgan fingerprint density at radius 1 is 1.26 bits per heavy atom. The number of ether oxygens (including phenoxy) is 1. The molecule has 0 unspecified atom stereocenters. The van der Waals surface area contributed by atoms with Crippen molar-refractivity contribution in [3.8, 4) is 17.2 Å². The Labute approximate surface area is 186 Å². The average Bonchev–Trinajstić information content (AvgIpc) is 3.22. The lowest BCUT2D eigenvalue weighted by Gasteiger charge is -2.16. The van der Waals surface area contributed by atoms with Crippen LogP contribution in [-0.4, -0.2) is 38.8 Å². The molecule has 1 fully saturated rings. The zero-order valence-electron chi connectivity index (χ0n) is 18.4. The summed E-state index contributed by atoms with van der Waals surface area (Å²) < 4.78 is 7.01. The molecular weight excluding hydrogens is 410 g/mol. The molecule has 0 atom stereocenters. The lowest BCUT2D eigenvalue weighted by molar-refractivity contribution is 0.0928. The molecule has 0 radical (unpaired) electrons. The minimum atomic E-state index is -0.106. The molecule has 0 aliphatic heterocycles. The van der Waals surface area contributed by atoms with E-state index >= 15 is 0 Å². The summed E-state index contributed by atoms with van der Waals surface area (Å²) in [5.41, 5.74) is 3.11. The number of nitrogens with one attached hydrogen (secondary N) is 1. The average molecular weight is 440 g/mol. The van der Waals surface area contributed by atoms with Crippen molar-refractivity contribution in [2.45, 2.75) is 65.0 Å². The Hall–Kier alpha value is -2.58. The fourth-order valence-corrected chi connectivity index (χ4v) is 5.12. The number of carbonyl (C=O) groups is 1. The molecule has 1 N–H and O–H groups in total. The van der Waals surface area contributed by atoms with Gasteiger partial charge in [-0.15, -0.1) is 11.3 Å². The molecule has 1 aliphatic carbocycles. The summed E-state index contributed by atoms with van der Waals surface area (Å²) in [6.07, 6.45) is 10.2. The molecule has 8 heteroatoms. The fourth-order valence-electron chi connectivity index (χ4n) is 4.18. The number of aryl methyl sites for hydroxylation is 2. The maximum Gasteiger partial charge on any atom is 0.255 e. The van der Waals surface area contributed by atoms with Gasteiger partial charge in [0.15, 0.2) is 0 Å². The molecule has 4 rings (SSSR count). The first-order valence-electron chi connectivity index (χ1n) is 10.8. The van der Waals surface area contributed by atoms with Gasteiger partial charge in [0.1, 0.15) is 0 Å². The van der Waals surface area contributed by atoms with Crippen LogP contribution in [0.1, 0.15) is 64.3 Å². The quantitative estimate of drug-likeness (QED) is 0.567. The maximum atomic E-state index is 13.0. The van der Waals surface area contributed by atoms with Crippen LogP contribution in [-0.2, 0) is 11.3 Å². The summed E-state index contributed by atoms with van der Waals surface area (Å²) in [6, 6.07) is 4.26. The van der Waals surface area contributed by atoms with E-state index in [1.54, 1.807) is 35.5 Å². The summed E-state index contributed by atoms with van der Waals surface area (Å²) >= 11 is 1.75. The number of hydrogen-bond donors (Lipinski definition) is 1. The lowest BCUT2D eigenvalue weighted by atomic mass is 10.1. The van der Waals surface area contributed by atoms with Crippen molar-refractivity contribution in [2.24, 2.45) is 0 Å². The van der Waals surface area contributed by atoms with Crippen molar-refractivity contribution >= 4 is 17.2 Å². The molecule has 1 aliphatic rings. The standard InChI is InChI=1S/C23H29N5O2S/c1-15-12-18(16(2)31-15)20-10-11-24-23(27-20)28-21(14-30-3)19(13-25-28)22(29)26-17-8-6-4-5-7-9-17/h10-13,17H,4-9,14H2,1-3H3,(H,26,29). The number of hydrogen-bond acceptors (Lipinski definition) is 6. The lowest BCUT2D eigenvalue weighted by Crippen LogP contribution is -2.34. The third-order valence-corrected chi connectivity index (χ3v) is 6.70. The number of methoxy groups -OCH3 is 1. The van der Waals surface area contributed by atoms with Gasteiger partial charge < -0.3 is 10.1 Å². The maximum absolute atomic E-state index is 13.0. The third-order valence-electron chi connectivity index (χ3n) is 5.73. The third kappa shape index (κ3) is 4.85. The Bertz CT molecular complexity index is 1050. The van der Waals surface area contributed by atoms with E-state index in [9.17, 15) is 4.79 Å². The van der Waals surface area contributed by atoms with Crippen LogP contribution in [0.25, 0.3) is 17.2 Å². The van der Waals surface area contributed by atoms with E-state index in [1.807, 2.05) is 6.07 Å². The van der Waals surface area contributed by atoms with Gasteiger partial charge in [0.2, 0.25) is 0 Å². The van der Waals surface area contributed by atoms with Crippen LogP contribution in [0.2, 0.25) is 0 Å². The smallest absolute Gasteiger partial charge is 0.255 e. The topological polar surface area (TPSA) is 81.9 Å². The largest absolute Gasteiger partial charge is 0.378 e. The van der Waals surface area contributed by atoms with Crippen molar-refractivity contribution in [1.29, 1.82) is 0 Å². The van der Waals surface area contributed by atoms with Crippen LogP contribution in [0.15, 0.2) is 24.5 Å². The number of carbonyl (C=O) groups excluding carboxylic acids is 1. The minimum absolute atomic E-state index is 0.106. The predicted octanol–water partition coefficient (Wildman–Crippen LogP) is 4.61. The van der Waals surface area contributed by atoms with E-state index in [0.717, 1.165) is 36.9 Å². The predicted molar refractivity (Wildman–Crippen MR) is 122 cm³/mol. The zero-order chi connectivity index (χ0) is 21.8. The van der Waals surface area contributed by atoms with E-state index in [2.05, 4.69) is 35.3 Å². The first kappa shape index (κ1) is 21.6. The number of thiophene rings is 1. The molecule has 0 aromatic carbocycles. The molecule has 0 saturated heterocycles. The highest BCUT2D eigenvalue weighted by molar-refractivity contribution is 7.12. The van der Waals surface area contributed by atoms with Crippen molar-refractivity contribution in [3.63, 3.8) is 0 Å². The van der Waals surface area contributed by atoms with E-state index < -0.39 is 0 Å². The minimum Gasteiger partial charge on any atom is -0.378 e. The van der Waals surface area contributed by atoms with Crippen LogP contribution in [0.5, 0.6) is 0 Å². The summed E-state index contributed by atoms with van der Waals surface area (Å²) in [6.45, 7) is 4.43. The molecule has 164 valence electrons. The highest BCUT2D eigenvalue weighted by Gasteiger charge is 2.23. The normalized spacial score (nSPS) is 15.1. The van der Waals surface area contributed by atoms with Gasteiger partial charge in [0.05, 0.1) is 29.8 Å². The zero-order valence-corrected chi connectivity index (χ0v) is 19.2. The fraction of sp³-hybridized carbons (Fsp3) is 0.478. The van der Waals surface area contributed by atoms with E-state index in [-0.39, 0.29) is 18.6 Å². The van der Waals surface area contributed by atoms with Gasteiger partial charge >= 0.3 is 0 Å². The number of aromatic nitrogens is 4. The molecule has 7 nitrogen and oxygen atoms in total. The van der Waals surface area contributed by atoms with Gasteiger partial charge in [0.25, 0.3) is 11.9 Å². The first-order valence-corrected chi connectivity index (χ1v) is 11.7. The van der Waals surface area contributed by atoms with Crippen molar-refractivity contribution in [3.05, 3.63) is 45.5 Å². The SMILES string of the molecule is COCc1c(C(=O)NC2CCCCCC2)cnn1-c1nccc(-c2cc(C)sc2C)n1. The summed E-state index contributed by atoms with van der Waals surface area (Å²) in [4.78, 5) is 24.7. The Morgan fingerprint density at radius 2 is 2.03 bits per heavy atom. The highest BCUT2D eigenvalue weighted by atomic mass is 32.1.